The molecule has 3 unspecified atom stereocenters. The molecule has 1 amide bonds. The van der Waals surface area contributed by atoms with E-state index in [1.807, 2.05) is 0 Å². The van der Waals surface area contributed by atoms with Gasteiger partial charge in [0.15, 0.2) is 10.9 Å². The molecule has 0 saturated heterocycles. The maximum absolute atomic E-state index is 13.9. The molecular weight excluding hydrogens is 353 g/mol. The van der Waals surface area contributed by atoms with Gasteiger partial charge in [-0.2, -0.15) is 5.26 Å². The van der Waals surface area contributed by atoms with Crippen molar-refractivity contribution in [1.29, 1.82) is 5.26 Å². The van der Waals surface area contributed by atoms with Gasteiger partial charge in [-0.15, -0.1) is 0 Å². The summed E-state index contributed by atoms with van der Waals surface area (Å²) in [5, 5.41) is 14.5. The van der Waals surface area contributed by atoms with E-state index < -0.39 is 29.8 Å². The zero-order chi connectivity index (χ0) is 18.0. The Labute approximate surface area is 145 Å². The van der Waals surface area contributed by atoms with Crippen molar-refractivity contribution in [2.75, 3.05) is 11.9 Å². The van der Waals surface area contributed by atoms with Gasteiger partial charge in [-0.1, -0.05) is 11.3 Å². The Hall–Kier alpha value is -2.34. The number of hydrogen-bond acceptors (Lipinski definition) is 5. The lowest BCUT2D eigenvalue weighted by Gasteiger charge is -2.29. The monoisotopic (exact) mass is 368 g/mol. The van der Waals surface area contributed by atoms with Crippen LogP contribution < -0.4 is 10.6 Å². The Balaban J connectivity index is 1.59. The molecule has 0 radical (unpaired) electrons. The number of nitrogens with zero attached hydrogens (tertiary/aromatic N) is 2. The van der Waals surface area contributed by atoms with Crippen LogP contribution in [-0.2, 0) is 4.79 Å². The van der Waals surface area contributed by atoms with Gasteiger partial charge in [-0.25, -0.2) is 18.2 Å². The highest BCUT2D eigenvalue weighted by Gasteiger charge is 2.31. The van der Waals surface area contributed by atoms with Crippen molar-refractivity contribution in [1.82, 2.24) is 10.3 Å². The largest absolute Gasteiger partial charge is 0.352 e. The zero-order valence-electron chi connectivity index (χ0n) is 13.1. The van der Waals surface area contributed by atoms with Crippen LogP contribution >= 0.6 is 11.3 Å². The highest BCUT2D eigenvalue weighted by atomic mass is 32.1. The van der Waals surface area contributed by atoms with Gasteiger partial charge in [-0.05, 0) is 25.3 Å². The number of aromatic nitrogens is 1. The van der Waals surface area contributed by atoms with Gasteiger partial charge in [0.2, 0.25) is 5.91 Å². The van der Waals surface area contributed by atoms with E-state index in [-0.39, 0.29) is 36.0 Å². The standard InChI is InChI=1S/C16H15F3N4OS/c17-9-4-11(19)15-13(5-9)25-16(23-15)21-7-14(24)22-12-3-8(6-20)1-2-10(12)18/h4-5,8,10,12H,1-3,7H2,(H,21,23)(H,22,24). The lowest BCUT2D eigenvalue weighted by molar-refractivity contribution is -0.120. The minimum atomic E-state index is -1.17. The van der Waals surface area contributed by atoms with Crippen LogP contribution in [0.25, 0.3) is 10.2 Å². The molecule has 5 nitrogen and oxygen atoms in total. The smallest absolute Gasteiger partial charge is 0.239 e. The number of rotatable bonds is 4. The molecular formula is C16H15F3N4OS. The van der Waals surface area contributed by atoms with Crippen molar-refractivity contribution < 1.29 is 18.0 Å². The topological polar surface area (TPSA) is 77.8 Å². The first-order valence-electron chi connectivity index (χ1n) is 7.78. The predicted octanol–water partition coefficient (Wildman–Crippen LogP) is 3.13. The molecule has 25 heavy (non-hydrogen) atoms. The number of fused-ring (bicyclic) bond motifs is 1. The van der Waals surface area contributed by atoms with E-state index >= 15 is 0 Å². The molecule has 1 heterocycles. The summed E-state index contributed by atoms with van der Waals surface area (Å²) in [5.74, 6) is -2.17. The van der Waals surface area contributed by atoms with Gasteiger partial charge in [0.1, 0.15) is 17.5 Å². The highest BCUT2D eigenvalue weighted by molar-refractivity contribution is 7.22. The lowest BCUT2D eigenvalue weighted by Crippen LogP contribution is -2.47. The molecule has 1 fully saturated rings. The third-order valence-corrected chi connectivity index (χ3v) is 5.07. The molecule has 132 valence electrons. The molecule has 1 aromatic heterocycles. The molecule has 2 aromatic rings. The number of hydrogen-bond donors (Lipinski definition) is 2. The molecule has 2 N–H and O–H groups in total. The van der Waals surface area contributed by atoms with Crippen molar-refractivity contribution in [3.63, 3.8) is 0 Å². The van der Waals surface area contributed by atoms with Gasteiger partial charge in [0, 0.05) is 12.0 Å². The van der Waals surface area contributed by atoms with Crippen LogP contribution in [0.15, 0.2) is 12.1 Å². The average Bonchev–Trinajstić information content (AvgIpc) is 2.98. The number of halogens is 3. The summed E-state index contributed by atoms with van der Waals surface area (Å²) in [4.78, 5) is 16.0. The molecule has 0 spiro atoms. The van der Waals surface area contributed by atoms with E-state index in [4.69, 9.17) is 5.26 Å². The van der Waals surface area contributed by atoms with Gasteiger partial charge in [0.05, 0.1) is 23.4 Å². The number of nitriles is 1. The fourth-order valence-corrected chi connectivity index (χ4v) is 3.75. The SMILES string of the molecule is N#CC1CCC(F)C(NC(=O)CNc2nc3c(F)cc(F)cc3s2)C1. The van der Waals surface area contributed by atoms with Crippen molar-refractivity contribution in [3.8, 4) is 6.07 Å². The summed E-state index contributed by atoms with van der Waals surface area (Å²) in [6, 6.07) is 3.33. The van der Waals surface area contributed by atoms with Crippen LogP contribution in [0.1, 0.15) is 19.3 Å². The van der Waals surface area contributed by atoms with Crippen LogP contribution in [-0.4, -0.2) is 29.6 Å². The first-order valence-corrected chi connectivity index (χ1v) is 8.60. The summed E-state index contributed by atoms with van der Waals surface area (Å²) in [7, 11) is 0. The fourth-order valence-electron chi connectivity index (χ4n) is 2.85. The number of carbonyl (C=O) groups is 1. The van der Waals surface area contributed by atoms with Gasteiger partial charge < -0.3 is 10.6 Å². The van der Waals surface area contributed by atoms with Crippen molar-refractivity contribution >= 4 is 32.6 Å². The summed E-state index contributed by atoms with van der Waals surface area (Å²) < 4.78 is 41.0. The molecule has 9 heteroatoms. The molecule has 0 bridgehead atoms. The van der Waals surface area contributed by atoms with Gasteiger partial charge in [-0.3, -0.25) is 4.79 Å². The molecule has 1 aromatic carbocycles. The van der Waals surface area contributed by atoms with E-state index in [9.17, 15) is 18.0 Å². The Morgan fingerprint density at radius 1 is 1.40 bits per heavy atom. The highest BCUT2D eigenvalue weighted by Crippen LogP contribution is 2.29. The second kappa shape index (κ2) is 7.27. The maximum Gasteiger partial charge on any atom is 0.239 e. The first-order chi connectivity index (χ1) is 12.0. The number of alkyl halides is 1. The van der Waals surface area contributed by atoms with E-state index in [0.717, 1.165) is 17.4 Å². The minimum absolute atomic E-state index is 0.0299. The quantitative estimate of drug-likeness (QED) is 0.869. The summed E-state index contributed by atoms with van der Waals surface area (Å²) in [6.07, 6.45) is -0.141. The molecule has 1 aliphatic carbocycles. The number of anilines is 1. The Bertz CT molecular complexity index is 835. The van der Waals surface area contributed by atoms with Crippen LogP contribution in [0.3, 0.4) is 0 Å². The maximum atomic E-state index is 13.9. The minimum Gasteiger partial charge on any atom is -0.352 e. The third-order valence-electron chi connectivity index (χ3n) is 4.11. The molecule has 1 saturated carbocycles. The fraction of sp³-hybridized carbons (Fsp3) is 0.438. The van der Waals surface area contributed by atoms with Crippen LogP contribution in [0.2, 0.25) is 0 Å². The van der Waals surface area contributed by atoms with Crippen LogP contribution in [0.5, 0.6) is 0 Å². The van der Waals surface area contributed by atoms with Crippen molar-refractivity contribution in [3.05, 3.63) is 23.8 Å². The van der Waals surface area contributed by atoms with Gasteiger partial charge >= 0.3 is 0 Å². The Kier molecular flexibility index (Phi) is 5.08. The molecule has 3 atom stereocenters. The number of nitrogens with one attached hydrogen (secondary N) is 2. The lowest BCUT2D eigenvalue weighted by atomic mass is 9.85. The molecule has 1 aliphatic rings. The van der Waals surface area contributed by atoms with Crippen LogP contribution in [0.4, 0.5) is 18.3 Å². The number of amides is 1. The second-order valence-electron chi connectivity index (χ2n) is 5.94. The van der Waals surface area contributed by atoms with E-state index in [1.165, 1.54) is 6.07 Å². The summed E-state index contributed by atoms with van der Waals surface area (Å²) in [6.45, 7) is -0.176. The number of carbonyl (C=O) groups excluding carboxylic acids is 1. The predicted molar refractivity (Wildman–Crippen MR) is 87.8 cm³/mol. The average molecular weight is 368 g/mol. The Morgan fingerprint density at radius 3 is 2.96 bits per heavy atom. The van der Waals surface area contributed by atoms with E-state index in [2.05, 4.69) is 21.7 Å². The Morgan fingerprint density at radius 2 is 2.20 bits per heavy atom. The first kappa shape index (κ1) is 17.5. The van der Waals surface area contributed by atoms with Crippen LogP contribution in [0, 0.1) is 28.9 Å². The normalized spacial score (nSPS) is 23.2. The molecule has 3 rings (SSSR count). The second-order valence-corrected chi connectivity index (χ2v) is 6.97. The summed E-state index contributed by atoms with van der Waals surface area (Å²) >= 11 is 1.02. The van der Waals surface area contributed by atoms with E-state index in [0.29, 0.717) is 11.1 Å². The summed E-state index contributed by atoms with van der Waals surface area (Å²) in [5.41, 5.74) is 0.0299. The van der Waals surface area contributed by atoms with Gasteiger partial charge in [0.25, 0.3) is 0 Å². The zero-order valence-corrected chi connectivity index (χ0v) is 13.9. The number of thiazole rings is 1. The number of benzene rings is 1. The third kappa shape index (κ3) is 4.02. The van der Waals surface area contributed by atoms with E-state index in [1.54, 1.807) is 0 Å². The van der Waals surface area contributed by atoms with Crippen molar-refractivity contribution in [2.24, 2.45) is 5.92 Å². The van der Waals surface area contributed by atoms with Crippen molar-refractivity contribution in [2.45, 2.75) is 31.5 Å². The molecule has 0 aliphatic heterocycles.